The first kappa shape index (κ1) is 21.4. The average molecular weight is 479 g/mol. The van der Waals surface area contributed by atoms with Gasteiger partial charge in [0.1, 0.15) is 17.6 Å². The molecule has 1 N–H and O–H groups in total. The third-order valence-corrected chi connectivity index (χ3v) is 6.31. The van der Waals surface area contributed by atoms with Gasteiger partial charge in [0.05, 0.1) is 23.9 Å². The Hall–Kier alpha value is -3.42. The van der Waals surface area contributed by atoms with Gasteiger partial charge in [-0.05, 0) is 78.9 Å². The Morgan fingerprint density at radius 3 is 2.52 bits per heavy atom. The van der Waals surface area contributed by atoms with Crippen LogP contribution in [-0.4, -0.2) is 21.8 Å². The zero-order chi connectivity index (χ0) is 22.9. The summed E-state index contributed by atoms with van der Waals surface area (Å²) in [7, 11) is 1.58. The lowest BCUT2D eigenvalue weighted by atomic mass is 10.0. The van der Waals surface area contributed by atoms with Gasteiger partial charge in [-0.15, -0.1) is 0 Å². The first-order valence-electron chi connectivity index (χ1n) is 10.3. The van der Waals surface area contributed by atoms with E-state index in [9.17, 15) is 4.39 Å². The Morgan fingerprint density at radius 2 is 1.82 bits per heavy atom. The van der Waals surface area contributed by atoms with Crippen LogP contribution in [-0.2, 0) is 0 Å². The van der Waals surface area contributed by atoms with Crippen molar-refractivity contribution in [2.24, 2.45) is 0 Å². The normalized spacial score (nSPS) is 17.8. The van der Waals surface area contributed by atoms with Crippen molar-refractivity contribution in [3.8, 4) is 11.4 Å². The Morgan fingerprint density at radius 1 is 1.03 bits per heavy atom. The van der Waals surface area contributed by atoms with Gasteiger partial charge in [-0.2, -0.15) is 0 Å². The van der Waals surface area contributed by atoms with Crippen molar-refractivity contribution >= 4 is 34.6 Å². The van der Waals surface area contributed by atoms with Gasteiger partial charge in [0.2, 0.25) is 0 Å². The molecule has 1 aliphatic rings. The minimum absolute atomic E-state index is 0.214. The van der Waals surface area contributed by atoms with Gasteiger partial charge in [0.15, 0.2) is 5.11 Å². The summed E-state index contributed by atoms with van der Waals surface area (Å²) in [4.78, 5) is 6.63. The highest BCUT2D eigenvalue weighted by Gasteiger charge is 2.42. The summed E-state index contributed by atoms with van der Waals surface area (Å²) in [6.45, 7) is 0. The fourth-order valence-corrected chi connectivity index (χ4v) is 4.81. The molecule has 0 aliphatic carbocycles. The average Bonchev–Trinajstić information content (AvgIpc) is 3.44. The number of anilines is 1. The van der Waals surface area contributed by atoms with Gasteiger partial charge >= 0.3 is 0 Å². The van der Waals surface area contributed by atoms with Crippen molar-refractivity contribution in [1.82, 2.24) is 14.9 Å². The molecule has 2 atom stereocenters. The second kappa shape index (κ2) is 8.84. The molecule has 4 aromatic rings. The molecule has 1 aliphatic heterocycles. The molecule has 0 saturated carbocycles. The van der Waals surface area contributed by atoms with Crippen LogP contribution < -0.4 is 15.0 Å². The number of pyridine rings is 1. The lowest BCUT2D eigenvalue weighted by Crippen LogP contribution is -2.30. The Labute approximate surface area is 201 Å². The fraction of sp³-hybridized carbons (Fsp3) is 0.120. The van der Waals surface area contributed by atoms with E-state index in [1.54, 1.807) is 25.4 Å². The predicted molar refractivity (Wildman–Crippen MR) is 132 cm³/mol. The number of benzene rings is 2. The highest BCUT2D eigenvalue weighted by atomic mass is 35.5. The minimum Gasteiger partial charge on any atom is -0.495 e. The zero-order valence-electron chi connectivity index (χ0n) is 17.7. The van der Waals surface area contributed by atoms with Crippen LogP contribution >= 0.6 is 23.8 Å². The number of halogens is 2. The van der Waals surface area contributed by atoms with E-state index in [1.807, 2.05) is 64.2 Å². The quantitative estimate of drug-likeness (QED) is 0.364. The van der Waals surface area contributed by atoms with Crippen LogP contribution in [0.4, 0.5) is 10.1 Å². The van der Waals surface area contributed by atoms with E-state index in [0.29, 0.717) is 15.9 Å². The molecule has 3 heterocycles. The summed E-state index contributed by atoms with van der Waals surface area (Å²) in [5.74, 6) is 0.308. The number of thiocarbonyl (C=S) groups is 1. The second-order valence-electron chi connectivity index (χ2n) is 7.59. The van der Waals surface area contributed by atoms with Crippen LogP contribution in [0.15, 0.2) is 85.2 Å². The first-order chi connectivity index (χ1) is 16.1. The van der Waals surface area contributed by atoms with Gasteiger partial charge in [-0.25, -0.2) is 4.39 Å². The summed E-state index contributed by atoms with van der Waals surface area (Å²) in [5, 5.41) is 4.49. The summed E-state index contributed by atoms with van der Waals surface area (Å²) in [6, 6.07) is 21.4. The number of hydrogen-bond acceptors (Lipinski definition) is 3. The maximum atomic E-state index is 13.6. The smallest absolute Gasteiger partial charge is 0.174 e. The third kappa shape index (κ3) is 3.94. The molecule has 2 aromatic heterocycles. The summed E-state index contributed by atoms with van der Waals surface area (Å²) in [6.07, 6.45) is 3.72. The number of ether oxygens (including phenoxy) is 1. The number of aromatic nitrogens is 2. The number of hydrogen-bond donors (Lipinski definition) is 1. The van der Waals surface area contributed by atoms with Gasteiger partial charge in [0.25, 0.3) is 0 Å². The predicted octanol–water partition coefficient (Wildman–Crippen LogP) is 5.85. The van der Waals surface area contributed by atoms with E-state index in [4.69, 9.17) is 28.6 Å². The van der Waals surface area contributed by atoms with Gasteiger partial charge in [-0.3, -0.25) is 4.98 Å². The van der Waals surface area contributed by atoms with Crippen molar-refractivity contribution in [2.45, 2.75) is 12.1 Å². The molecule has 2 aromatic carbocycles. The molecule has 5 rings (SSSR count). The molecular formula is C25H20ClFN4OS. The maximum absolute atomic E-state index is 13.6. The van der Waals surface area contributed by atoms with Crippen molar-refractivity contribution < 1.29 is 9.13 Å². The Kier molecular flexibility index (Phi) is 5.74. The lowest BCUT2D eigenvalue weighted by molar-refractivity contribution is 0.415. The van der Waals surface area contributed by atoms with Crippen molar-refractivity contribution in [2.75, 3.05) is 12.0 Å². The topological polar surface area (TPSA) is 42.3 Å². The summed E-state index contributed by atoms with van der Waals surface area (Å²) in [5.41, 5.74) is 3.51. The second-order valence-corrected chi connectivity index (χ2v) is 8.39. The first-order valence-corrected chi connectivity index (χ1v) is 11.1. The highest BCUT2D eigenvalue weighted by Crippen LogP contribution is 2.43. The van der Waals surface area contributed by atoms with Crippen LogP contribution in [0.5, 0.6) is 5.75 Å². The molecule has 8 heteroatoms. The Bertz CT molecular complexity index is 1300. The molecule has 33 heavy (non-hydrogen) atoms. The van der Waals surface area contributed by atoms with Gasteiger partial charge in [-0.1, -0.05) is 17.7 Å². The van der Waals surface area contributed by atoms with E-state index in [0.717, 1.165) is 22.8 Å². The van der Waals surface area contributed by atoms with E-state index in [-0.39, 0.29) is 17.9 Å². The fourth-order valence-electron chi connectivity index (χ4n) is 4.21. The third-order valence-electron chi connectivity index (χ3n) is 5.70. The summed E-state index contributed by atoms with van der Waals surface area (Å²) >= 11 is 12.2. The molecule has 0 amide bonds. The molecule has 0 unspecified atom stereocenters. The molecule has 166 valence electrons. The monoisotopic (exact) mass is 478 g/mol. The van der Waals surface area contributed by atoms with Crippen LogP contribution in [0.25, 0.3) is 5.69 Å². The molecule has 0 bridgehead atoms. The number of methoxy groups -OCH3 is 1. The number of rotatable bonds is 5. The van der Waals surface area contributed by atoms with Gasteiger partial charge in [0, 0.05) is 29.5 Å². The highest BCUT2D eigenvalue weighted by molar-refractivity contribution is 7.80. The molecule has 0 spiro atoms. The van der Waals surface area contributed by atoms with Crippen LogP contribution in [0.3, 0.4) is 0 Å². The molecule has 1 fully saturated rings. The van der Waals surface area contributed by atoms with Crippen molar-refractivity contribution in [3.63, 3.8) is 0 Å². The van der Waals surface area contributed by atoms with E-state index in [1.165, 1.54) is 12.1 Å². The van der Waals surface area contributed by atoms with Crippen LogP contribution in [0.1, 0.15) is 23.5 Å². The minimum atomic E-state index is -0.281. The largest absolute Gasteiger partial charge is 0.495 e. The summed E-state index contributed by atoms with van der Waals surface area (Å²) < 4.78 is 20.9. The molecular weight excluding hydrogens is 459 g/mol. The number of nitrogens with zero attached hydrogens (tertiary/aromatic N) is 3. The molecule has 1 saturated heterocycles. The molecule has 0 radical (unpaired) electrons. The Balaban J connectivity index is 1.66. The van der Waals surface area contributed by atoms with Crippen LogP contribution in [0.2, 0.25) is 5.02 Å². The lowest BCUT2D eigenvalue weighted by Gasteiger charge is -2.29. The zero-order valence-corrected chi connectivity index (χ0v) is 19.2. The van der Waals surface area contributed by atoms with E-state index in [2.05, 4.69) is 10.3 Å². The van der Waals surface area contributed by atoms with E-state index >= 15 is 0 Å². The standard InChI is InChI=1S/C25H20ClFN4OS/c1-32-22-12-11-18(15-19(22)26)31-24(23(29-25(31)33)20-5-2-3-13-28-20)21-6-4-14-30(21)17-9-7-16(27)8-10-17/h2-15,23-24H,1H3,(H,29,33)/t23-,24+/m0/s1. The van der Waals surface area contributed by atoms with Crippen LogP contribution in [0, 0.1) is 5.82 Å². The van der Waals surface area contributed by atoms with Crippen molar-refractivity contribution in [3.05, 3.63) is 107 Å². The number of nitrogens with one attached hydrogen (secondary N) is 1. The van der Waals surface area contributed by atoms with Gasteiger partial charge < -0.3 is 19.5 Å². The van der Waals surface area contributed by atoms with Crippen molar-refractivity contribution in [1.29, 1.82) is 0 Å². The van der Waals surface area contributed by atoms with E-state index < -0.39 is 0 Å². The molecule has 5 nitrogen and oxygen atoms in total. The SMILES string of the molecule is COc1ccc(N2C(=S)N[C@@H](c3ccccn3)[C@H]2c2cccn2-c2ccc(F)cc2)cc1Cl. The maximum Gasteiger partial charge on any atom is 0.174 e.